The molecule has 0 aromatic heterocycles. The van der Waals surface area contributed by atoms with Crippen LogP contribution in [-0.2, 0) is 14.4 Å². The zero-order valence-electron chi connectivity index (χ0n) is 19.6. The zero-order valence-corrected chi connectivity index (χ0v) is 19.6. The number of carbonyl (C=O) groups is 3. The Morgan fingerprint density at radius 2 is 1.49 bits per heavy atom. The fraction of sp³-hybridized carbons (Fsp3) is 0.321. The molecule has 0 spiro atoms. The maximum Gasteiger partial charge on any atom is 0.262 e. The van der Waals surface area contributed by atoms with Gasteiger partial charge in [-0.1, -0.05) is 12.1 Å². The Hall–Kier alpha value is -3.74. The summed E-state index contributed by atoms with van der Waals surface area (Å²) < 4.78 is 18.7. The van der Waals surface area contributed by atoms with Crippen LogP contribution in [0.15, 0.2) is 71.1 Å². The van der Waals surface area contributed by atoms with Gasteiger partial charge in [0.15, 0.2) is 18.2 Å². The largest absolute Gasteiger partial charge is 0.484 e. The van der Waals surface area contributed by atoms with Crippen LogP contribution < -0.4 is 10.1 Å². The molecule has 1 heterocycles. The van der Waals surface area contributed by atoms with Crippen molar-refractivity contribution in [2.24, 2.45) is 0 Å². The third-order valence-electron chi connectivity index (χ3n) is 6.96. The molecule has 0 radical (unpaired) electrons. The lowest BCUT2D eigenvalue weighted by atomic mass is 9.71. The number of allylic oxidation sites excluding steroid dienone is 4. The molecule has 1 amide bonds. The number of Topliss-reactive ketones (excluding diaryl/α,β-unsaturated/α-hetero) is 2. The van der Waals surface area contributed by atoms with Crippen molar-refractivity contribution in [2.75, 3.05) is 19.0 Å². The number of nitrogens with zero attached hydrogens (tertiary/aromatic N) is 1. The number of ether oxygens (including phenoxy) is 1. The van der Waals surface area contributed by atoms with Crippen molar-refractivity contribution >= 4 is 23.2 Å². The lowest BCUT2D eigenvalue weighted by Gasteiger charge is -2.42. The number of rotatable bonds is 5. The van der Waals surface area contributed by atoms with Crippen LogP contribution >= 0.6 is 0 Å². The second-order valence-corrected chi connectivity index (χ2v) is 9.18. The van der Waals surface area contributed by atoms with Crippen LogP contribution in [0, 0.1) is 5.82 Å². The molecule has 2 aliphatic carbocycles. The van der Waals surface area contributed by atoms with Gasteiger partial charge in [-0.15, -0.1) is 0 Å². The summed E-state index contributed by atoms with van der Waals surface area (Å²) in [5, 5.41) is 2.66. The molecule has 180 valence electrons. The number of nitrogens with one attached hydrogen (secondary N) is 1. The van der Waals surface area contributed by atoms with Crippen LogP contribution in [0.25, 0.3) is 0 Å². The SMILES string of the molecule is CN1C2=C(C(=O)CCC2)C(c2ccc(OCC(=O)Nc3ccc(F)cc3)cc2)C2=C1CCCC2=O. The highest BCUT2D eigenvalue weighted by Gasteiger charge is 2.42. The Balaban J connectivity index is 1.36. The summed E-state index contributed by atoms with van der Waals surface area (Å²) in [6, 6.07) is 12.8. The first-order chi connectivity index (χ1) is 16.9. The fourth-order valence-corrected chi connectivity index (χ4v) is 5.32. The maximum atomic E-state index is 13.0. The first-order valence-corrected chi connectivity index (χ1v) is 12.0. The number of carbonyl (C=O) groups excluding carboxylic acids is 3. The van der Waals surface area contributed by atoms with Crippen LogP contribution in [0.3, 0.4) is 0 Å². The molecule has 1 aliphatic heterocycles. The number of anilines is 1. The summed E-state index contributed by atoms with van der Waals surface area (Å²) >= 11 is 0. The van der Waals surface area contributed by atoms with E-state index in [9.17, 15) is 18.8 Å². The highest BCUT2D eigenvalue weighted by atomic mass is 19.1. The zero-order chi connectivity index (χ0) is 24.5. The van der Waals surface area contributed by atoms with Gasteiger partial charge in [0.2, 0.25) is 0 Å². The Kier molecular flexibility index (Phi) is 6.24. The number of hydrogen-bond donors (Lipinski definition) is 1. The van der Waals surface area contributed by atoms with E-state index >= 15 is 0 Å². The number of amides is 1. The molecule has 3 aliphatic rings. The third kappa shape index (κ3) is 4.50. The number of hydrogen-bond acceptors (Lipinski definition) is 5. The lowest BCUT2D eigenvalue weighted by molar-refractivity contribution is -0.118. The normalized spacial score (nSPS) is 18.4. The van der Waals surface area contributed by atoms with E-state index in [1.807, 2.05) is 19.2 Å². The van der Waals surface area contributed by atoms with E-state index in [0.29, 0.717) is 24.3 Å². The van der Waals surface area contributed by atoms with Crippen molar-refractivity contribution in [1.82, 2.24) is 4.90 Å². The van der Waals surface area contributed by atoms with Crippen molar-refractivity contribution in [1.29, 1.82) is 0 Å². The quantitative estimate of drug-likeness (QED) is 0.668. The summed E-state index contributed by atoms with van der Waals surface area (Å²) in [5.41, 5.74) is 4.95. The predicted octanol–water partition coefficient (Wildman–Crippen LogP) is 4.89. The Bertz CT molecular complexity index is 1200. The summed E-state index contributed by atoms with van der Waals surface area (Å²) in [7, 11) is 1.98. The van der Waals surface area contributed by atoms with Gasteiger partial charge in [-0.2, -0.15) is 0 Å². The highest BCUT2D eigenvalue weighted by molar-refractivity contribution is 6.06. The first-order valence-electron chi connectivity index (χ1n) is 12.0. The Labute approximate surface area is 203 Å². The molecular weight excluding hydrogens is 447 g/mol. The van der Waals surface area contributed by atoms with Crippen molar-refractivity contribution < 1.29 is 23.5 Å². The second-order valence-electron chi connectivity index (χ2n) is 9.18. The molecular formula is C28H27FN2O4. The Morgan fingerprint density at radius 1 is 0.914 bits per heavy atom. The number of halogens is 1. The van der Waals surface area contributed by atoms with Gasteiger partial charge < -0.3 is 15.0 Å². The van der Waals surface area contributed by atoms with Crippen molar-refractivity contribution in [3.63, 3.8) is 0 Å². The molecule has 0 fully saturated rings. The molecule has 0 saturated carbocycles. The smallest absolute Gasteiger partial charge is 0.262 e. The van der Waals surface area contributed by atoms with Gasteiger partial charge >= 0.3 is 0 Å². The molecule has 5 rings (SSSR count). The van der Waals surface area contributed by atoms with Gasteiger partial charge in [0.25, 0.3) is 5.91 Å². The van der Waals surface area contributed by atoms with Crippen LogP contribution in [-0.4, -0.2) is 36.0 Å². The molecule has 1 N–H and O–H groups in total. The lowest BCUT2D eigenvalue weighted by Crippen LogP contribution is -2.37. The predicted molar refractivity (Wildman–Crippen MR) is 129 cm³/mol. The molecule has 6 nitrogen and oxygen atoms in total. The van der Waals surface area contributed by atoms with E-state index in [4.69, 9.17) is 4.74 Å². The molecule has 35 heavy (non-hydrogen) atoms. The van der Waals surface area contributed by atoms with E-state index in [2.05, 4.69) is 10.2 Å². The van der Waals surface area contributed by atoms with Crippen LogP contribution in [0.4, 0.5) is 10.1 Å². The van der Waals surface area contributed by atoms with Gasteiger partial charge in [0, 0.05) is 54.0 Å². The van der Waals surface area contributed by atoms with E-state index in [1.54, 1.807) is 12.1 Å². The maximum absolute atomic E-state index is 13.0. The van der Waals surface area contributed by atoms with Gasteiger partial charge in [-0.25, -0.2) is 4.39 Å². The molecule has 7 heteroatoms. The van der Waals surface area contributed by atoms with Crippen LogP contribution in [0.2, 0.25) is 0 Å². The molecule has 0 saturated heterocycles. The van der Waals surface area contributed by atoms with Crippen molar-refractivity contribution in [3.8, 4) is 5.75 Å². The number of ketones is 2. The summed E-state index contributed by atoms with van der Waals surface area (Å²) in [4.78, 5) is 40.4. The highest BCUT2D eigenvalue weighted by Crippen LogP contribution is 2.48. The molecule has 2 aromatic carbocycles. The van der Waals surface area contributed by atoms with E-state index in [-0.39, 0.29) is 35.8 Å². The molecule has 0 bridgehead atoms. The standard InChI is InChI=1S/C28H27FN2O4/c1-31-21-4-2-6-23(32)27(21)26(28-22(31)5-3-7-24(28)33)17-8-14-20(15-9-17)35-16-25(34)30-19-12-10-18(29)11-13-19/h8-15,26H,2-7,16H2,1H3,(H,30,34). The minimum Gasteiger partial charge on any atom is -0.484 e. The molecule has 0 unspecified atom stereocenters. The van der Waals surface area contributed by atoms with Gasteiger partial charge in [-0.3, -0.25) is 14.4 Å². The summed E-state index contributed by atoms with van der Waals surface area (Å²) in [6.45, 7) is -0.202. The van der Waals surface area contributed by atoms with Gasteiger partial charge in [0.1, 0.15) is 11.6 Å². The van der Waals surface area contributed by atoms with E-state index in [1.165, 1.54) is 24.3 Å². The Morgan fingerprint density at radius 3 is 2.06 bits per heavy atom. The average molecular weight is 475 g/mol. The van der Waals surface area contributed by atoms with Crippen LogP contribution in [0.5, 0.6) is 5.75 Å². The van der Waals surface area contributed by atoms with E-state index < -0.39 is 0 Å². The number of benzene rings is 2. The average Bonchev–Trinajstić information content (AvgIpc) is 2.86. The second kappa shape index (κ2) is 9.49. The van der Waals surface area contributed by atoms with Gasteiger partial charge in [0.05, 0.1) is 0 Å². The topological polar surface area (TPSA) is 75.7 Å². The van der Waals surface area contributed by atoms with Crippen LogP contribution in [0.1, 0.15) is 50.0 Å². The molecule has 0 atom stereocenters. The van der Waals surface area contributed by atoms with Crippen molar-refractivity contribution in [3.05, 3.63) is 82.5 Å². The summed E-state index contributed by atoms with van der Waals surface area (Å²) in [6.07, 6.45) is 4.34. The monoisotopic (exact) mass is 474 g/mol. The first kappa shape index (κ1) is 23.0. The molecule has 2 aromatic rings. The minimum atomic E-state index is -0.375. The fourth-order valence-electron chi connectivity index (χ4n) is 5.32. The minimum absolute atomic E-state index is 0.116. The van der Waals surface area contributed by atoms with E-state index in [0.717, 1.165) is 53.8 Å². The third-order valence-corrected chi connectivity index (χ3v) is 6.96. The summed E-state index contributed by atoms with van der Waals surface area (Å²) in [5.74, 6) is -0.352. The van der Waals surface area contributed by atoms with Crippen molar-refractivity contribution in [2.45, 2.75) is 44.4 Å². The van der Waals surface area contributed by atoms with Gasteiger partial charge in [-0.05, 0) is 67.6 Å².